The van der Waals surface area contributed by atoms with E-state index in [-0.39, 0.29) is 24.3 Å². The molecule has 0 radical (unpaired) electrons. The number of ether oxygens (including phenoxy) is 1. The number of nitrogens with zero attached hydrogens (tertiary/aromatic N) is 2. The van der Waals surface area contributed by atoms with E-state index in [1.165, 1.54) is 12.1 Å². The summed E-state index contributed by atoms with van der Waals surface area (Å²) in [6.07, 6.45) is 0. The van der Waals surface area contributed by atoms with Crippen molar-refractivity contribution >= 4 is 11.8 Å². The van der Waals surface area contributed by atoms with Crippen molar-refractivity contribution in [3.63, 3.8) is 0 Å². The van der Waals surface area contributed by atoms with Crippen molar-refractivity contribution in [3.05, 3.63) is 39.4 Å². The van der Waals surface area contributed by atoms with Crippen molar-refractivity contribution in [2.24, 2.45) is 0 Å². The second-order valence-corrected chi connectivity index (χ2v) is 6.44. The zero-order valence-corrected chi connectivity index (χ0v) is 16.4. The number of fused-ring (bicyclic) bond motifs is 1. The van der Waals surface area contributed by atoms with Gasteiger partial charge in [-0.15, -0.1) is 10.1 Å². The molecule has 0 aliphatic carbocycles. The minimum absolute atomic E-state index is 0.169. The number of hydrogen-bond acceptors (Lipinski definition) is 7. The van der Waals surface area contributed by atoms with Crippen LogP contribution >= 0.6 is 0 Å². The van der Waals surface area contributed by atoms with E-state index in [1.807, 2.05) is 0 Å². The lowest BCUT2D eigenvalue weighted by Crippen LogP contribution is -2.33. The van der Waals surface area contributed by atoms with Gasteiger partial charge in [0.1, 0.15) is 12.4 Å². The predicted molar refractivity (Wildman–Crippen MR) is 99.3 cm³/mol. The van der Waals surface area contributed by atoms with Gasteiger partial charge in [0.05, 0.1) is 24.3 Å². The van der Waals surface area contributed by atoms with Gasteiger partial charge in [0.15, 0.2) is 0 Å². The van der Waals surface area contributed by atoms with Crippen LogP contribution in [0.3, 0.4) is 0 Å². The summed E-state index contributed by atoms with van der Waals surface area (Å²) in [5.41, 5.74) is 0.501. The number of amides is 2. The van der Waals surface area contributed by atoms with Crippen LogP contribution < -0.4 is 10.1 Å². The fourth-order valence-corrected chi connectivity index (χ4v) is 2.60. The van der Waals surface area contributed by atoms with Crippen LogP contribution in [0.25, 0.3) is 0 Å². The van der Waals surface area contributed by atoms with E-state index >= 15 is 0 Å². The maximum absolute atomic E-state index is 12.1. The molecule has 9 nitrogen and oxygen atoms in total. The second-order valence-electron chi connectivity index (χ2n) is 6.44. The molecule has 0 fully saturated rings. The van der Waals surface area contributed by atoms with Gasteiger partial charge in [-0.05, 0) is 25.1 Å². The van der Waals surface area contributed by atoms with Crippen LogP contribution in [0.4, 0.5) is 0 Å². The van der Waals surface area contributed by atoms with Crippen molar-refractivity contribution in [2.45, 2.75) is 46.7 Å². The first-order valence-electron chi connectivity index (χ1n) is 8.83. The third-order valence-corrected chi connectivity index (χ3v) is 3.43. The topological polar surface area (TPSA) is 111 Å². The summed E-state index contributed by atoms with van der Waals surface area (Å²) >= 11 is 0. The van der Waals surface area contributed by atoms with E-state index in [1.54, 1.807) is 13.0 Å². The number of hydrogen-bond donors (Lipinski definition) is 1. The Bertz CT molecular complexity index is 669. The first-order valence-corrected chi connectivity index (χ1v) is 8.83. The maximum Gasteiger partial charge on any atom is 0.294 e. The summed E-state index contributed by atoms with van der Waals surface area (Å²) in [7, 11) is 0. The van der Waals surface area contributed by atoms with E-state index in [9.17, 15) is 19.7 Å². The van der Waals surface area contributed by atoms with Gasteiger partial charge in [-0.1, -0.05) is 27.7 Å². The molecule has 1 heterocycles. The number of carbonyl (C=O) groups is 2. The van der Waals surface area contributed by atoms with Gasteiger partial charge in [-0.25, -0.2) is 0 Å². The molecule has 0 saturated heterocycles. The molecule has 2 amide bonds. The highest BCUT2D eigenvalue weighted by Crippen LogP contribution is 2.26. The first kappa shape index (κ1) is 22.4. The second kappa shape index (κ2) is 10.5. The fraction of sp³-hybridized carbons (Fsp3) is 0.556. The molecular formula is C18H27N3O6. The van der Waals surface area contributed by atoms with Gasteiger partial charge in [0.2, 0.25) is 0 Å². The van der Waals surface area contributed by atoms with Gasteiger partial charge in [-0.3, -0.25) is 14.5 Å². The molecule has 1 N–H and O–H groups in total. The Morgan fingerprint density at radius 2 is 1.70 bits per heavy atom. The Hall–Kier alpha value is -2.68. The number of carbonyl (C=O) groups excluding carboxylic acids is 2. The third kappa shape index (κ3) is 6.86. The minimum Gasteiger partial charge on any atom is -0.494 e. The molecule has 0 atom stereocenters. The molecule has 1 aliphatic heterocycles. The standard InChI is InChI=1S/C12H12N2O6.C6H15N/c1-2-19-8-3-4-9-10(7-8)12(16)13(11(9)15)5-6-20-14(17)18;1-5(2)7-6(3)4/h3-4,7H,2,5-6H2,1H3;5-7H,1-4H3. The van der Waals surface area contributed by atoms with Crippen LogP contribution in [0.1, 0.15) is 55.3 Å². The quantitative estimate of drug-likeness (QED) is 0.418. The van der Waals surface area contributed by atoms with Crippen LogP contribution in [-0.4, -0.2) is 53.6 Å². The van der Waals surface area contributed by atoms with Crippen molar-refractivity contribution in [2.75, 3.05) is 19.8 Å². The summed E-state index contributed by atoms with van der Waals surface area (Å²) in [5.74, 6) is -0.491. The molecule has 0 aromatic heterocycles. The van der Waals surface area contributed by atoms with E-state index in [4.69, 9.17) is 4.74 Å². The van der Waals surface area contributed by atoms with E-state index in [2.05, 4.69) is 37.8 Å². The van der Waals surface area contributed by atoms with Gasteiger partial charge >= 0.3 is 0 Å². The van der Waals surface area contributed by atoms with Crippen molar-refractivity contribution in [1.82, 2.24) is 10.2 Å². The SMILES string of the molecule is CC(C)NC(C)C.CCOc1ccc2c(c1)C(=O)N(CCO[N+](=O)[O-])C2=O. The average Bonchev–Trinajstić information content (AvgIpc) is 2.79. The number of imide groups is 1. The summed E-state index contributed by atoms with van der Waals surface area (Å²) in [6.45, 7) is 10.3. The average molecular weight is 381 g/mol. The van der Waals surface area contributed by atoms with Gasteiger partial charge in [0.25, 0.3) is 16.9 Å². The van der Waals surface area contributed by atoms with E-state index < -0.39 is 16.9 Å². The molecule has 150 valence electrons. The van der Waals surface area contributed by atoms with Gasteiger partial charge < -0.3 is 14.9 Å². The smallest absolute Gasteiger partial charge is 0.294 e. The maximum atomic E-state index is 12.1. The predicted octanol–water partition coefficient (Wildman–Crippen LogP) is 2.28. The van der Waals surface area contributed by atoms with E-state index in [0.29, 0.717) is 24.4 Å². The number of nitrogens with one attached hydrogen (secondary N) is 1. The van der Waals surface area contributed by atoms with Crippen molar-refractivity contribution in [3.8, 4) is 5.75 Å². The Kier molecular flexibility index (Phi) is 8.67. The Balaban J connectivity index is 0.000000445. The van der Waals surface area contributed by atoms with Crippen LogP contribution in [0.2, 0.25) is 0 Å². The highest BCUT2D eigenvalue weighted by Gasteiger charge is 2.35. The number of benzene rings is 1. The summed E-state index contributed by atoms with van der Waals surface area (Å²) in [6, 6.07) is 5.85. The molecule has 0 saturated carbocycles. The highest BCUT2D eigenvalue weighted by molar-refractivity contribution is 6.21. The monoisotopic (exact) mass is 381 g/mol. The molecule has 1 aliphatic rings. The molecule has 9 heteroatoms. The van der Waals surface area contributed by atoms with E-state index in [0.717, 1.165) is 4.90 Å². The zero-order valence-electron chi connectivity index (χ0n) is 16.4. The lowest BCUT2D eigenvalue weighted by atomic mass is 10.1. The molecule has 2 rings (SSSR count). The number of rotatable bonds is 8. The van der Waals surface area contributed by atoms with Gasteiger partial charge in [0, 0.05) is 12.1 Å². The minimum atomic E-state index is -0.967. The fourth-order valence-electron chi connectivity index (χ4n) is 2.60. The summed E-state index contributed by atoms with van der Waals surface area (Å²) < 4.78 is 5.27. The lowest BCUT2D eigenvalue weighted by Gasteiger charge is -2.12. The van der Waals surface area contributed by atoms with Crippen LogP contribution in [-0.2, 0) is 4.84 Å². The zero-order chi connectivity index (χ0) is 20.6. The molecule has 0 unspecified atom stereocenters. The van der Waals surface area contributed by atoms with Crippen LogP contribution in [0.5, 0.6) is 5.75 Å². The summed E-state index contributed by atoms with van der Waals surface area (Å²) in [4.78, 5) is 39.1. The van der Waals surface area contributed by atoms with Crippen LogP contribution in [0.15, 0.2) is 18.2 Å². The molecule has 27 heavy (non-hydrogen) atoms. The van der Waals surface area contributed by atoms with Crippen molar-refractivity contribution in [1.29, 1.82) is 0 Å². The Morgan fingerprint density at radius 1 is 1.11 bits per heavy atom. The molecule has 1 aromatic carbocycles. The molecule has 1 aromatic rings. The summed E-state index contributed by atoms with van der Waals surface area (Å²) in [5, 5.41) is 12.4. The normalized spacial score (nSPS) is 12.8. The Morgan fingerprint density at radius 3 is 2.19 bits per heavy atom. The highest BCUT2D eigenvalue weighted by atomic mass is 16.9. The van der Waals surface area contributed by atoms with Crippen molar-refractivity contribution < 1.29 is 24.3 Å². The molecule has 0 bridgehead atoms. The molecule has 0 spiro atoms. The van der Waals surface area contributed by atoms with Gasteiger partial charge in [-0.2, -0.15) is 0 Å². The molecular weight excluding hydrogens is 354 g/mol. The first-order chi connectivity index (χ1) is 12.7. The Labute approximate surface area is 158 Å². The largest absolute Gasteiger partial charge is 0.494 e. The lowest BCUT2D eigenvalue weighted by molar-refractivity contribution is -0.757. The van der Waals surface area contributed by atoms with Crippen LogP contribution in [0, 0.1) is 10.1 Å². The third-order valence-electron chi connectivity index (χ3n) is 3.43.